The molecule has 0 amide bonds. The Hall–Kier alpha value is -1.52. The molecule has 2 aromatic carbocycles. The van der Waals surface area contributed by atoms with Crippen LogP contribution >= 0.6 is 15.9 Å². The van der Waals surface area contributed by atoms with E-state index in [4.69, 9.17) is 10.5 Å². The maximum Gasteiger partial charge on any atom is 0.134 e. The Balaban J connectivity index is 2.34. The second-order valence-electron chi connectivity index (χ2n) is 3.83. The third kappa shape index (κ3) is 3.03. The number of nitrogens with two attached hydrogens (primary N) is 1. The van der Waals surface area contributed by atoms with Crippen molar-refractivity contribution in [1.29, 1.82) is 0 Å². The van der Waals surface area contributed by atoms with E-state index in [9.17, 15) is 5.11 Å². The normalized spacial score (nSPS) is 10.3. The molecule has 0 aliphatic rings. The van der Waals surface area contributed by atoms with Gasteiger partial charge in [0.15, 0.2) is 0 Å². The van der Waals surface area contributed by atoms with Crippen LogP contribution in [0.15, 0.2) is 46.9 Å². The number of phenolic OH excluding ortho intramolecular Hbond substituents is 1. The van der Waals surface area contributed by atoms with Crippen LogP contribution in [0.5, 0.6) is 11.5 Å². The molecule has 18 heavy (non-hydrogen) atoms. The number of aromatic hydroxyl groups is 1. The van der Waals surface area contributed by atoms with Gasteiger partial charge in [-0.2, -0.15) is 0 Å². The lowest BCUT2D eigenvalue weighted by Crippen LogP contribution is -2.10. The van der Waals surface area contributed by atoms with Gasteiger partial charge in [-0.25, -0.2) is 0 Å². The highest BCUT2D eigenvalue weighted by molar-refractivity contribution is 9.10. The average molecular weight is 308 g/mol. The van der Waals surface area contributed by atoms with Gasteiger partial charge in [0.2, 0.25) is 0 Å². The van der Waals surface area contributed by atoms with Crippen molar-refractivity contribution in [2.45, 2.75) is 0 Å². The lowest BCUT2D eigenvalue weighted by atomic mass is 10.1. The van der Waals surface area contributed by atoms with Gasteiger partial charge in [-0.1, -0.05) is 18.2 Å². The van der Waals surface area contributed by atoms with Crippen molar-refractivity contribution in [3.63, 3.8) is 0 Å². The first-order chi connectivity index (χ1) is 8.70. The lowest BCUT2D eigenvalue weighted by molar-refractivity contribution is 0.326. The summed E-state index contributed by atoms with van der Waals surface area (Å²) in [6.07, 6.45) is 0. The van der Waals surface area contributed by atoms with Crippen LogP contribution in [0.2, 0.25) is 0 Å². The molecule has 0 fully saturated rings. The minimum absolute atomic E-state index is 0.250. The summed E-state index contributed by atoms with van der Waals surface area (Å²) >= 11 is 3.43. The summed E-state index contributed by atoms with van der Waals surface area (Å²) < 4.78 is 6.43. The summed E-state index contributed by atoms with van der Waals surface area (Å²) in [5.74, 6) is 1.00. The maximum atomic E-state index is 9.48. The van der Waals surface area contributed by atoms with Crippen molar-refractivity contribution in [1.82, 2.24) is 0 Å². The van der Waals surface area contributed by atoms with E-state index in [2.05, 4.69) is 15.9 Å². The largest absolute Gasteiger partial charge is 0.508 e. The second kappa shape index (κ2) is 5.89. The van der Waals surface area contributed by atoms with Crippen LogP contribution < -0.4 is 10.5 Å². The van der Waals surface area contributed by atoms with E-state index in [1.807, 2.05) is 30.3 Å². The highest BCUT2D eigenvalue weighted by atomic mass is 79.9. The van der Waals surface area contributed by atoms with Gasteiger partial charge in [0.1, 0.15) is 18.1 Å². The molecule has 0 aliphatic carbocycles. The summed E-state index contributed by atoms with van der Waals surface area (Å²) in [6, 6.07) is 12.9. The Kier molecular flexibility index (Phi) is 4.23. The molecule has 0 unspecified atom stereocenters. The molecule has 0 saturated heterocycles. The van der Waals surface area contributed by atoms with Crippen molar-refractivity contribution in [2.75, 3.05) is 13.2 Å². The summed E-state index contributed by atoms with van der Waals surface area (Å²) in [6.45, 7) is 0.949. The van der Waals surface area contributed by atoms with Gasteiger partial charge >= 0.3 is 0 Å². The fourth-order valence-electron chi connectivity index (χ4n) is 1.65. The monoisotopic (exact) mass is 307 g/mol. The van der Waals surface area contributed by atoms with E-state index in [0.29, 0.717) is 13.2 Å². The number of rotatable bonds is 4. The number of ether oxygens (including phenoxy) is 1. The first kappa shape index (κ1) is 12.9. The molecule has 3 N–H and O–H groups in total. The van der Waals surface area contributed by atoms with Crippen molar-refractivity contribution in [3.05, 3.63) is 46.9 Å². The summed E-state index contributed by atoms with van der Waals surface area (Å²) in [5, 5.41) is 9.48. The highest BCUT2D eigenvalue weighted by Crippen LogP contribution is 2.31. The predicted molar refractivity (Wildman–Crippen MR) is 75.8 cm³/mol. The molecule has 0 heterocycles. The fourth-order valence-corrected chi connectivity index (χ4v) is 2.01. The molecule has 0 spiro atoms. The number of hydrogen-bond donors (Lipinski definition) is 2. The third-order valence-corrected chi connectivity index (χ3v) is 3.14. The Morgan fingerprint density at radius 1 is 1.11 bits per heavy atom. The van der Waals surface area contributed by atoms with Crippen molar-refractivity contribution in [3.8, 4) is 22.6 Å². The van der Waals surface area contributed by atoms with Crippen molar-refractivity contribution >= 4 is 15.9 Å². The van der Waals surface area contributed by atoms with Gasteiger partial charge in [0.05, 0.1) is 4.47 Å². The van der Waals surface area contributed by atoms with Crippen molar-refractivity contribution in [2.24, 2.45) is 5.73 Å². The van der Waals surface area contributed by atoms with Gasteiger partial charge in [-0.3, -0.25) is 0 Å². The molecule has 3 nitrogen and oxygen atoms in total. The van der Waals surface area contributed by atoms with E-state index < -0.39 is 0 Å². The SMILES string of the molecule is NCCOc1cc(-c2cccc(O)c2)ccc1Br. The molecule has 0 radical (unpaired) electrons. The van der Waals surface area contributed by atoms with E-state index in [1.165, 1.54) is 0 Å². The lowest BCUT2D eigenvalue weighted by Gasteiger charge is -2.09. The zero-order valence-corrected chi connectivity index (χ0v) is 11.4. The molecule has 0 atom stereocenters. The maximum absolute atomic E-state index is 9.48. The standard InChI is InChI=1S/C14H14BrNO2/c15-13-5-4-11(9-14(13)18-7-6-16)10-2-1-3-12(17)8-10/h1-5,8-9,17H,6-7,16H2. The van der Waals surface area contributed by atoms with Gasteiger partial charge in [-0.15, -0.1) is 0 Å². The van der Waals surface area contributed by atoms with Crippen LogP contribution in [-0.2, 0) is 0 Å². The van der Waals surface area contributed by atoms with Gasteiger partial charge in [0.25, 0.3) is 0 Å². The molecule has 94 valence electrons. The highest BCUT2D eigenvalue weighted by Gasteiger charge is 2.05. The van der Waals surface area contributed by atoms with Gasteiger partial charge < -0.3 is 15.6 Å². The smallest absolute Gasteiger partial charge is 0.134 e. The zero-order chi connectivity index (χ0) is 13.0. The van der Waals surface area contributed by atoms with Crippen LogP contribution in [0.3, 0.4) is 0 Å². The molecular formula is C14H14BrNO2. The molecular weight excluding hydrogens is 294 g/mol. The number of benzene rings is 2. The molecule has 2 rings (SSSR count). The Morgan fingerprint density at radius 2 is 1.89 bits per heavy atom. The van der Waals surface area contributed by atoms with Crippen molar-refractivity contribution < 1.29 is 9.84 Å². The second-order valence-corrected chi connectivity index (χ2v) is 4.69. The number of halogens is 1. The zero-order valence-electron chi connectivity index (χ0n) is 9.77. The van der Waals surface area contributed by atoms with Gasteiger partial charge in [0, 0.05) is 6.54 Å². The molecule has 0 aromatic heterocycles. The molecule has 2 aromatic rings. The van der Waals surface area contributed by atoms with Crippen LogP contribution in [0, 0.1) is 0 Å². The Morgan fingerprint density at radius 3 is 2.61 bits per heavy atom. The van der Waals surface area contributed by atoms with E-state index >= 15 is 0 Å². The minimum Gasteiger partial charge on any atom is -0.508 e. The number of hydrogen-bond acceptors (Lipinski definition) is 3. The molecule has 4 heteroatoms. The fraction of sp³-hybridized carbons (Fsp3) is 0.143. The van der Waals surface area contributed by atoms with E-state index in [-0.39, 0.29) is 5.75 Å². The van der Waals surface area contributed by atoms with Crippen LogP contribution in [0.4, 0.5) is 0 Å². The summed E-state index contributed by atoms with van der Waals surface area (Å²) in [4.78, 5) is 0. The number of phenols is 1. The van der Waals surface area contributed by atoms with E-state index in [0.717, 1.165) is 21.3 Å². The third-order valence-electron chi connectivity index (χ3n) is 2.49. The quantitative estimate of drug-likeness (QED) is 0.912. The van der Waals surface area contributed by atoms with Gasteiger partial charge in [-0.05, 0) is 51.3 Å². The average Bonchev–Trinajstić information content (AvgIpc) is 2.38. The topological polar surface area (TPSA) is 55.5 Å². The Bertz CT molecular complexity index is 543. The molecule has 0 aliphatic heterocycles. The predicted octanol–water partition coefficient (Wildman–Crippen LogP) is 3.16. The Labute approximate surface area is 114 Å². The summed E-state index contributed by atoms with van der Waals surface area (Å²) in [7, 11) is 0. The first-order valence-corrected chi connectivity index (χ1v) is 6.42. The van der Waals surface area contributed by atoms with E-state index in [1.54, 1.807) is 12.1 Å². The first-order valence-electron chi connectivity index (χ1n) is 5.62. The van der Waals surface area contributed by atoms with Crippen LogP contribution in [-0.4, -0.2) is 18.3 Å². The minimum atomic E-state index is 0.250. The van der Waals surface area contributed by atoms with Crippen LogP contribution in [0.1, 0.15) is 0 Å². The van der Waals surface area contributed by atoms with Crippen LogP contribution in [0.25, 0.3) is 11.1 Å². The molecule has 0 bridgehead atoms. The summed E-state index contributed by atoms with van der Waals surface area (Å²) in [5.41, 5.74) is 7.35. The molecule has 0 saturated carbocycles.